The van der Waals surface area contributed by atoms with Gasteiger partial charge in [-0.05, 0) is 26.3 Å². The van der Waals surface area contributed by atoms with Gasteiger partial charge >= 0.3 is 5.69 Å². The summed E-state index contributed by atoms with van der Waals surface area (Å²) in [6, 6.07) is 8.72. The van der Waals surface area contributed by atoms with Crippen LogP contribution in [0.15, 0.2) is 46.1 Å². The van der Waals surface area contributed by atoms with Gasteiger partial charge in [-0.3, -0.25) is 14.3 Å². The first-order valence-electron chi connectivity index (χ1n) is 9.70. The van der Waals surface area contributed by atoms with Crippen LogP contribution in [0, 0.1) is 12.8 Å². The van der Waals surface area contributed by atoms with Crippen molar-refractivity contribution in [1.29, 1.82) is 0 Å². The molecule has 0 amide bonds. The summed E-state index contributed by atoms with van der Waals surface area (Å²) in [5.41, 5.74) is 0.176. The first kappa shape index (κ1) is 20.0. The lowest BCUT2D eigenvalue weighted by molar-refractivity contribution is -0.170. The van der Waals surface area contributed by atoms with Crippen LogP contribution in [0.4, 0.5) is 4.39 Å². The van der Waals surface area contributed by atoms with Gasteiger partial charge in [0.15, 0.2) is 5.79 Å². The van der Waals surface area contributed by atoms with Gasteiger partial charge < -0.3 is 14.2 Å². The van der Waals surface area contributed by atoms with Crippen LogP contribution >= 0.6 is 0 Å². The van der Waals surface area contributed by atoms with Gasteiger partial charge in [0.05, 0.1) is 25.4 Å². The summed E-state index contributed by atoms with van der Waals surface area (Å²) in [6.07, 6.45) is -1.26. The molecule has 5 unspecified atom stereocenters. The van der Waals surface area contributed by atoms with E-state index >= 15 is 4.39 Å². The van der Waals surface area contributed by atoms with E-state index < -0.39 is 47.4 Å². The number of aromatic nitrogens is 2. The van der Waals surface area contributed by atoms with Gasteiger partial charge in [-0.25, -0.2) is 9.18 Å². The fourth-order valence-corrected chi connectivity index (χ4v) is 4.22. The minimum Gasteiger partial charge on any atom is -0.376 e. The van der Waals surface area contributed by atoms with E-state index in [2.05, 4.69) is 4.98 Å². The molecule has 2 fully saturated rings. The quantitative estimate of drug-likeness (QED) is 0.825. The molecule has 0 spiro atoms. The molecule has 2 aromatic rings. The maximum absolute atomic E-state index is 15.6. The van der Waals surface area contributed by atoms with E-state index in [1.54, 1.807) is 20.8 Å². The summed E-state index contributed by atoms with van der Waals surface area (Å²) in [7, 11) is 0. The van der Waals surface area contributed by atoms with Crippen LogP contribution in [0.1, 0.15) is 31.0 Å². The summed E-state index contributed by atoms with van der Waals surface area (Å²) in [6.45, 7) is 5.58. The molecule has 1 aliphatic heterocycles. The average molecular weight is 404 g/mol. The van der Waals surface area contributed by atoms with Gasteiger partial charge in [0.1, 0.15) is 12.3 Å². The van der Waals surface area contributed by atoms with Crippen LogP contribution in [0.25, 0.3) is 0 Å². The highest BCUT2D eigenvalue weighted by atomic mass is 19.1. The number of aryl methyl sites for hydroxylation is 1. The Morgan fingerprint density at radius 2 is 1.86 bits per heavy atom. The number of nitrogens with zero attached hydrogens (tertiary/aromatic N) is 1. The lowest BCUT2D eigenvalue weighted by Crippen LogP contribution is -2.40. The summed E-state index contributed by atoms with van der Waals surface area (Å²) in [5.74, 6) is -1.50. The minimum absolute atomic E-state index is 0.129. The summed E-state index contributed by atoms with van der Waals surface area (Å²) in [5, 5.41) is 0. The molecule has 1 aromatic carbocycles. The second-order valence-electron chi connectivity index (χ2n) is 8.14. The predicted octanol–water partition coefficient (Wildman–Crippen LogP) is 2.09. The van der Waals surface area contributed by atoms with Gasteiger partial charge in [0.2, 0.25) is 0 Å². The number of aromatic amines is 1. The van der Waals surface area contributed by atoms with E-state index in [4.69, 9.17) is 14.2 Å². The van der Waals surface area contributed by atoms with Gasteiger partial charge in [0.25, 0.3) is 5.56 Å². The zero-order valence-electron chi connectivity index (χ0n) is 16.6. The molecule has 0 radical (unpaired) electrons. The zero-order valence-corrected chi connectivity index (χ0v) is 16.6. The Hall–Kier alpha value is -2.29. The third-order valence-corrected chi connectivity index (χ3v) is 5.55. The summed E-state index contributed by atoms with van der Waals surface area (Å²) >= 11 is 0. The molecule has 1 aromatic heterocycles. The van der Waals surface area contributed by atoms with Crippen molar-refractivity contribution in [3.63, 3.8) is 0 Å². The normalized spacial score (nSPS) is 30.4. The molecule has 2 heterocycles. The van der Waals surface area contributed by atoms with E-state index in [9.17, 15) is 9.59 Å². The van der Waals surface area contributed by atoms with E-state index in [1.807, 2.05) is 30.3 Å². The van der Waals surface area contributed by atoms with Crippen LogP contribution in [0.3, 0.4) is 0 Å². The molecule has 1 N–H and O–H groups in total. The molecular formula is C21H25FN2O5. The van der Waals surface area contributed by atoms with Gasteiger partial charge in [-0.1, -0.05) is 30.3 Å². The molecular weight excluding hydrogens is 379 g/mol. The number of fused-ring (bicyclic) bond motifs is 1. The lowest BCUT2D eigenvalue weighted by atomic mass is 10.1. The Morgan fingerprint density at radius 1 is 1.17 bits per heavy atom. The van der Waals surface area contributed by atoms with Crippen LogP contribution in [-0.2, 0) is 20.8 Å². The number of nitrogens with one attached hydrogen (secondary N) is 1. The number of benzene rings is 1. The summed E-state index contributed by atoms with van der Waals surface area (Å²) in [4.78, 5) is 26.4. The van der Waals surface area contributed by atoms with Crippen LogP contribution in [-0.4, -0.2) is 40.3 Å². The fraction of sp³-hybridized carbons (Fsp3) is 0.524. The highest BCUT2D eigenvalue weighted by molar-refractivity contribution is 5.14. The predicted molar refractivity (Wildman–Crippen MR) is 103 cm³/mol. The van der Waals surface area contributed by atoms with E-state index in [0.717, 1.165) is 5.56 Å². The van der Waals surface area contributed by atoms with Gasteiger partial charge in [-0.2, -0.15) is 0 Å². The van der Waals surface area contributed by atoms with Crippen molar-refractivity contribution < 1.29 is 18.6 Å². The highest BCUT2D eigenvalue weighted by Gasteiger charge is 2.60. The zero-order chi connectivity index (χ0) is 20.8. The van der Waals surface area contributed by atoms with Crippen molar-refractivity contribution in [1.82, 2.24) is 9.55 Å². The van der Waals surface area contributed by atoms with Crippen molar-refractivity contribution in [3.8, 4) is 0 Å². The number of hydrogen-bond acceptors (Lipinski definition) is 5. The Labute approximate surface area is 167 Å². The molecule has 1 saturated heterocycles. The Bertz CT molecular complexity index is 987. The number of H-pyrrole nitrogens is 1. The fourth-order valence-electron chi connectivity index (χ4n) is 4.22. The summed E-state index contributed by atoms with van der Waals surface area (Å²) < 4.78 is 34.5. The first-order chi connectivity index (χ1) is 13.8. The largest absolute Gasteiger partial charge is 0.376 e. The molecule has 7 nitrogen and oxygen atoms in total. The smallest absolute Gasteiger partial charge is 0.328 e. The molecule has 29 heavy (non-hydrogen) atoms. The van der Waals surface area contributed by atoms with E-state index in [0.29, 0.717) is 12.2 Å². The third-order valence-electron chi connectivity index (χ3n) is 5.55. The second kappa shape index (κ2) is 7.51. The topological polar surface area (TPSA) is 82.6 Å². The molecule has 5 atom stereocenters. The molecule has 4 rings (SSSR count). The highest BCUT2D eigenvalue weighted by Crippen LogP contribution is 2.48. The standard InChI is InChI=1S/C21H25FN2O5/c1-12-9-24(20(26)23-19(12)25)16-15(22)14(17-18(16)29-21(2,3)28-17)11-27-10-13-7-5-4-6-8-13/h4-9,14-18H,10-11H2,1-3H3,(H,23,25,26). The van der Waals surface area contributed by atoms with Crippen molar-refractivity contribution in [3.05, 3.63) is 68.5 Å². The van der Waals surface area contributed by atoms with Crippen LogP contribution in [0.5, 0.6) is 0 Å². The molecule has 1 aliphatic carbocycles. The maximum Gasteiger partial charge on any atom is 0.328 e. The Balaban J connectivity index is 1.59. The lowest BCUT2D eigenvalue weighted by Gasteiger charge is -2.27. The first-order valence-corrected chi connectivity index (χ1v) is 9.70. The van der Waals surface area contributed by atoms with Crippen LogP contribution < -0.4 is 11.2 Å². The Kier molecular flexibility index (Phi) is 5.18. The number of ether oxygens (including phenoxy) is 3. The average Bonchev–Trinajstić information content (AvgIpc) is 3.10. The molecule has 2 aliphatic rings. The van der Waals surface area contributed by atoms with E-state index in [1.165, 1.54) is 10.8 Å². The van der Waals surface area contributed by atoms with Crippen molar-refractivity contribution in [2.75, 3.05) is 6.61 Å². The van der Waals surface area contributed by atoms with Crippen molar-refractivity contribution >= 4 is 0 Å². The molecule has 156 valence electrons. The SMILES string of the molecule is Cc1cn(C2C(F)C(COCc3ccccc3)C3OC(C)(C)OC32)c(=O)[nH]c1=O. The van der Waals surface area contributed by atoms with Crippen molar-refractivity contribution in [2.24, 2.45) is 5.92 Å². The number of hydrogen-bond donors (Lipinski definition) is 1. The van der Waals surface area contributed by atoms with Gasteiger partial charge in [-0.15, -0.1) is 0 Å². The monoisotopic (exact) mass is 404 g/mol. The van der Waals surface area contributed by atoms with Crippen molar-refractivity contribution in [2.45, 2.75) is 57.6 Å². The van der Waals surface area contributed by atoms with Gasteiger partial charge in [0, 0.05) is 17.7 Å². The van der Waals surface area contributed by atoms with Crippen LogP contribution in [0.2, 0.25) is 0 Å². The molecule has 0 bridgehead atoms. The molecule has 1 saturated carbocycles. The molecule has 8 heteroatoms. The van der Waals surface area contributed by atoms with E-state index in [-0.39, 0.29) is 6.61 Å². The third kappa shape index (κ3) is 3.80. The number of alkyl halides is 1. The Morgan fingerprint density at radius 3 is 2.59 bits per heavy atom. The number of rotatable bonds is 5. The minimum atomic E-state index is -1.43. The maximum atomic E-state index is 15.6. The second-order valence-corrected chi connectivity index (χ2v) is 8.14. The number of halogens is 1.